The maximum Gasteiger partial charge on any atom is 0.233 e. The number of tetrazole rings is 1. The number of carbonyl (C=O) groups excluding carboxylic acids is 1. The number of fused-ring (bicyclic) bond motifs is 1. The summed E-state index contributed by atoms with van der Waals surface area (Å²) in [6.45, 7) is 0.767. The molecule has 2 aliphatic rings. The van der Waals surface area contributed by atoms with Gasteiger partial charge < -0.3 is 4.90 Å². The molecular formula is C20H23N5OS3. The number of thioether (sulfide) groups is 1. The molecule has 9 heteroatoms. The average Bonchev–Trinajstić information content (AvgIpc) is 3.53. The van der Waals surface area contributed by atoms with Crippen LogP contribution < -0.4 is 0 Å². The Kier molecular flexibility index (Phi) is 5.69. The minimum Gasteiger partial charge on any atom is -0.330 e. The predicted octanol–water partition coefficient (Wildman–Crippen LogP) is 4.57. The molecule has 0 N–H and O–H groups in total. The van der Waals surface area contributed by atoms with Gasteiger partial charge in [0.05, 0.1) is 17.8 Å². The van der Waals surface area contributed by atoms with Crippen LogP contribution in [0.5, 0.6) is 0 Å². The summed E-state index contributed by atoms with van der Waals surface area (Å²) in [5, 5.41) is 17.3. The molecule has 29 heavy (non-hydrogen) atoms. The summed E-state index contributed by atoms with van der Waals surface area (Å²) in [5.41, 5.74) is 1.29. The highest BCUT2D eigenvalue weighted by molar-refractivity contribution is 7.99. The first-order valence-corrected chi connectivity index (χ1v) is 12.9. The Balaban J connectivity index is 1.32. The summed E-state index contributed by atoms with van der Waals surface area (Å²) in [6, 6.07) is 6.79. The zero-order valence-electron chi connectivity index (χ0n) is 16.1. The van der Waals surface area contributed by atoms with E-state index in [1.165, 1.54) is 46.3 Å². The SMILES string of the molecule is O=C(CSc1nnnn1C1CCCCC1)N1CCc2sccc2[C@@H]1c1cccs1. The van der Waals surface area contributed by atoms with Crippen molar-refractivity contribution in [2.75, 3.05) is 12.3 Å². The number of rotatable bonds is 5. The maximum atomic E-state index is 13.3. The second-order valence-electron chi connectivity index (χ2n) is 7.54. The van der Waals surface area contributed by atoms with Crippen molar-refractivity contribution in [2.45, 2.75) is 55.8 Å². The summed E-state index contributed by atoms with van der Waals surface area (Å²) in [7, 11) is 0. The van der Waals surface area contributed by atoms with Gasteiger partial charge in [0.2, 0.25) is 11.1 Å². The maximum absolute atomic E-state index is 13.3. The summed E-state index contributed by atoms with van der Waals surface area (Å²) in [4.78, 5) is 17.9. The molecule has 0 saturated heterocycles. The molecule has 1 aliphatic heterocycles. The van der Waals surface area contributed by atoms with Crippen LogP contribution in [0, 0.1) is 0 Å². The number of hydrogen-bond donors (Lipinski definition) is 0. The fourth-order valence-corrected chi connectivity index (χ4v) is 6.97. The van der Waals surface area contributed by atoms with Crippen LogP contribution in [-0.4, -0.2) is 43.3 Å². The molecule has 1 fully saturated rings. The van der Waals surface area contributed by atoms with Crippen LogP contribution in [0.4, 0.5) is 0 Å². The molecule has 0 bridgehead atoms. The van der Waals surface area contributed by atoms with Crippen LogP contribution in [0.1, 0.15) is 59.5 Å². The summed E-state index contributed by atoms with van der Waals surface area (Å²) < 4.78 is 1.95. The second kappa shape index (κ2) is 8.57. The Hall–Kier alpha value is -1.71. The highest BCUT2D eigenvalue weighted by Gasteiger charge is 2.33. The molecule has 1 amide bonds. The van der Waals surface area contributed by atoms with E-state index in [0.717, 1.165) is 31.0 Å². The summed E-state index contributed by atoms with van der Waals surface area (Å²) in [6.07, 6.45) is 6.94. The van der Waals surface area contributed by atoms with Crippen LogP contribution in [-0.2, 0) is 11.2 Å². The van der Waals surface area contributed by atoms with Gasteiger partial charge in [-0.15, -0.1) is 27.8 Å². The minimum atomic E-state index is 0.0347. The molecule has 0 spiro atoms. The average molecular weight is 446 g/mol. The first kappa shape index (κ1) is 19.3. The predicted molar refractivity (Wildman–Crippen MR) is 117 cm³/mol. The Bertz CT molecular complexity index is 961. The molecule has 6 nitrogen and oxygen atoms in total. The molecule has 1 atom stereocenters. The van der Waals surface area contributed by atoms with E-state index in [9.17, 15) is 4.79 Å². The first-order chi connectivity index (χ1) is 14.3. The molecule has 1 aliphatic carbocycles. The van der Waals surface area contributed by atoms with Gasteiger partial charge in [-0.05, 0) is 58.1 Å². The highest BCUT2D eigenvalue weighted by Crippen LogP contribution is 2.40. The number of aromatic nitrogens is 4. The van der Waals surface area contributed by atoms with E-state index in [2.05, 4.69) is 44.5 Å². The van der Waals surface area contributed by atoms with Gasteiger partial charge in [-0.2, -0.15) is 0 Å². The van der Waals surface area contributed by atoms with Crippen molar-refractivity contribution in [1.82, 2.24) is 25.1 Å². The van der Waals surface area contributed by atoms with Gasteiger partial charge in [0.1, 0.15) is 0 Å². The lowest BCUT2D eigenvalue weighted by molar-refractivity contribution is -0.130. The Labute approximate surface area is 182 Å². The topological polar surface area (TPSA) is 63.9 Å². The van der Waals surface area contributed by atoms with E-state index >= 15 is 0 Å². The number of thiophene rings is 2. The van der Waals surface area contributed by atoms with E-state index in [1.54, 1.807) is 22.7 Å². The fourth-order valence-electron chi connectivity index (χ4n) is 4.38. The number of amides is 1. The van der Waals surface area contributed by atoms with Crippen LogP contribution in [0.2, 0.25) is 0 Å². The third-order valence-electron chi connectivity index (χ3n) is 5.81. The van der Waals surface area contributed by atoms with E-state index in [0.29, 0.717) is 11.8 Å². The largest absolute Gasteiger partial charge is 0.330 e. The standard InChI is InChI=1S/C20H23N5OS3/c26-18(13-29-20-21-22-23-25(20)14-5-2-1-3-6-14)24-10-8-16-15(9-12-28-16)19(24)17-7-4-11-27-17/h4,7,9,11-12,14,19H,1-3,5-6,8,10,13H2/t19-/m1/s1. The molecule has 3 aromatic heterocycles. The minimum absolute atomic E-state index is 0.0347. The molecule has 1 saturated carbocycles. The fraction of sp³-hybridized carbons (Fsp3) is 0.500. The van der Waals surface area contributed by atoms with Crippen molar-refractivity contribution >= 4 is 40.3 Å². The van der Waals surface area contributed by atoms with Crippen molar-refractivity contribution < 1.29 is 4.79 Å². The van der Waals surface area contributed by atoms with E-state index in [4.69, 9.17) is 0 Å². The Morgan fingerprint density at radius 1 is 1.17 bits per heavy atom. The van der Waals surface area contributed by atoms with Crippen LogP contribution in [0.15, 0.2) is 34.1 Å². The van der Waals surface area contributed by atoms with Crippen LogP contribution >= 0.6 is 34.4 Å². The molecule has 3 aromatic rings. The second-order valence-corrected chi connectivity index (χ2v) is 10.5. The highest BCUT2D eigenvalue weighted by atomic mass is 32.2. The lowest BCUT2D eigenvalue weighted by Gasteiger charge is -2.35. The van der Waals surface area contributed by atoms with Gasteiger partial charge in [0.25, 0.3) is 0 Å². The third-order valence-corrected chi connectivity index (χ3v) is 8.65. The van der Waals surface area contributed by atoms with Gasteiger partial charge in [-0.1, -0.05) is 37.1 Å². The van der Waals surface area contributed by atoms with Gasteiger partial charge >= 0.3 is 0 Å². The monoisotopic (exact) mass is 445 g/mol. The van der Waals surface area contributed by atoms with Gasteiger partial charge in [-0.3, -0.25) is 4.79 Å². The van der Waals surface area contributed by atoms with E-state index in [1.807, 2.05) is 9.58 Å². The number of nitrogens with zero attached hydrogens (tertiary/aromatic N) is 5. The zero-order valence-corrected chi connectivity index (χ0v) is 18.5. The number of hydrogen-bond acceptors (Lipinski definition) is 7. The smallest absolute Gasteiger partial charge is 0.233 e. The lowest BCUT2D eigenvalue weighted by atomic mass is 9.96. The van der Waals surface area contributed by atoms with Crippen molar-refractivity contribution in [3.63, 3.8) is 0 Å². The van der Waals surface area contributed by atoms with Crippen LogP contribution in [0.3, 0.4) is 0 Å². The third kappa shape index (κ3) is 3.87. The molecule has 0 radical (unpaired) electrons. The lowest BCUT2D eigenvalue weighted by Crippen LogP contribution is -2.40. The summed E-state index contributed by atoms with van der Waals surface area (Å²) in [5.74, 6) is 0.525. The van der Waals surface area contributed by atoms with E-state index < -0.39 is 0 Å². The summed E-state index contributed by atoms with van der Waals surface area (Å²) >= 11 is 5.00. The van der Waals surface area contributed by atoms with Gasteiger partial charge in [0, 0.05) is 16.3 Å². The normalized spacial score (nSPS) is 20.0. The first-order valence-electron chi connectivity index (χ1n) is 10.1. The van der Waals surface area contributed by atoms with E-state index in [-0.39, 0.29) is 11.9 Å². The molecule has 5 rings (SSSR count). The van der Waals surface area contributed by atoms with Crippen molar-refractivity contribution in [2.24, 2.45) is 0 Å². The number of carbonyl (C=O) groups is 1. The Morgan fingerprint density at radius 2 is 2.07 bits per heavy atom. The molecule has 152 valence electrons. The molecule has 4 heterocycles. The molecular weight excluding hydrogens is 422 g/mol. The zero-order chi connectivity index (χ0) is 19.6. The van der Waals surface area contributed by atoms with Crippen molar-refractivity contribution in [3.05, 3.63) is 44.3 Å². The molecule has 0 aromatic carbocycles. The quantitative estimate of drug-likeness (QED) is 0.539. The Morgan fingerprint density at radius 3 is 2.90 bits per heavy atom. The van der Waals surface area contributed by atoms with Crippen LogP contribution in [0.25, 0.3) is 0 Å². The van der Waals surface area contributed by atoms with Gasteiger partial charge in [0.15, 0.2) is 0 Å². The van der Waals surface area contributed by atoms with Crippen molar-refractivity contribution in [1.29, 1.82) is 0 Å². The van der Waals surface area contributed by atoms with Crippen molar-refractivity contribution in [3.8, 4) is 0 Å². The molecule has 0 unspecified atom stereocenters. The van der Waals surface area contributed by atoms with Gasteiger partial charge in [-0.25, -0.2) is 4.68 Å².